The van der Waals surface area contributed by atoms with Crippen LogP contribution in [-0.2, 0) is 11.8 Å². The molecule has 4 aromatic rings. The monoisotopic (exact) mass is 360 g/mol. The van der Waals surface area contributed by atoms with Gasteiger partial charge in [-0.2, -0.15) is 5.10 Å². The van der Waals surface area contributed by atoms with Crippen molar-refractivity contribution in [2.24, 2.45) is 7.05 Å². The number of fused-ring (bicyclic) bond motifs is 1. The zero-order chi connectivity index (χ0) is 17.9. The van der Waals surface area contributed by atoms with Gasteiger partial charge >= 0.3 is 0 Å². The van der Waals surface area contributed by atoms with Gasteiger partial charge in [0.25, 0.3) is 0 Å². The van der Waals surface area contributed by atoms with E-state index in [0.717, 1.165) is 32.2 Å². The SMILES string of the molecule is Cn1nccc1/C=C/C(=O)Nc1cccc(-c2nc3ccccc3s2)c1. The van der Waals surface area contributed by atoms with Crippen LogP contribution >= 0.6 is 11.3 Å². The van der Waals surface area contributed by atoms with Crippen molar-refractivity contribution in [2.45, 2.75) is 0 Å². The van der Waals surface area contributed by atoms with E-state index in [0.29, 0.717) is 0 Å². The summed E-state index contributed by atoms with van der Waals surface area (Å²) in [6.07, 6.45) is 4.93. The molecule has 0 fully saturated rings. The Morgan fingerprint density at radius 3 is 2.85 bits per heavy atom. The lowest BCUT2D eigenvalue weighted by atomic mass is 10.2. The Labute approximate surface area is 154 Å². The molecule has 1 amide bonds. The van der Waals surface area contributed by atoms with Crippen molar-refractivity contribution in [1.82, 2.24) is 14.8 Å². The molecule has 26 heavy (non-hydrogen) atoms. The third-order valence-corrected chi connectivity index (χ3v) is 5.02. The molecular formula is C20H16N4OS. The molecule has 5 nitrogen and oxygen atoms in total. The summed E-state index contributed by atoms with van der Waals surface area (Å²) in [6, 6.07) is 17.6. The molecule has 0 bridgehead atoms. The highest BCUT2D eigenvalue weighted by Gasteiger charge is 2.07. The number of para-hydroxylation sites is 1. The summed E-state index contributed by atoms with van der Waals surface area (Å²) >= 11 is 1.64. The molecule has 0 aliphatic carbocycles. The summed E-state index contributed by atoms with van der Waals surface area (Å²) in [7, 11) is 1.83. The van der Waals surface area contributed by atoms with Crippen LogP contribution < -0.4 is 5.32 Å². The van der Waals surface area contributed by atoms with E-state index in [1.807, 2.05) is 55.6 Å². The van der Waals surface area contributed by atoms with Gasteiger partial charge < -0.3 is 5.32 Å². The van der Waals surface area contributed by atoms with Gasteiger partial charge in [-0.3, -0.25) is 9.48 Å². The third-order valence-electron chi connectivity index (χ3n) is 3.94. The number of rotatable bonds is 4. The van der Waals surface area contributed by atoms with Crippen molar-refractivity contribution >= 4 is 39.2 Å². The molecule has 0 aliphatic rings. The number of carbonyl (C=O) groups is 1. The Morgan fingerprint density at radius 1 is 1.15 bits per heavy atom. The number of nitrogens with zero attached hydrogens (tertiary/aromatic N) is 3. The molecule has 0 radical (unpaired) electrons. The van der Waals surface area contributed by atoms with E-state index in [1.165, 1.54) is 6.08 Å². The van der Waals surface area contributed by atoms with E-state index >= 15 is 0 Å². The summed E-state index contributed by atoms with van der Waals surface area (Å²) in [6.45, 7) is 0. The highest BCUT2D eigenvalue weighted by molar-refractivity contribution is 7.21. The van der Waals surface area contributed by atoms with Crippen LogP contribution in [0.4, 0.5) is 5.69 Å². The number of amides is 1. The Balaban J connectivity index is 1.53. The van der Waals surface area contributed by atoms with Crippen LogP contribution in [0.3, 0.4) is 0 Å². The molecule has 0 atom stereocenters. The minimum absolute atomic E-state index is 0.187. The molecular weight excluding hydrogens is 344 g/mol. The van der Waals surface area contributed by atoms with Crippen LogP contribution in [0.1, 0.15) is 5.69 Å². The van der Waals surface area contributed by atoms with Gasteiger partial charge in [0.15, 0.2) is 0 Å². The van der Waals surface area contributed by atoms with Gasteiger partial charge in [0.05, 0.1) is 15.9 Å². The molecule has 128 valence electrons. The third kappa shape index (κ3) is 3.41. The molecule has 0 saturated heterocycles. The molecule has 0 spiro atoms. The number of benzene rings is 2. The summed E-state index contributed by atoms with van der Waals surface area (Å²) in [5.74, 6) is -0.187. The second kappa shape index (κ2) is 6.93. The molecule has 0 saturated carbocycles. The molecule has 4 rings (SSSR count). The van der Waals surface area contributed by atoms with E-state index in [1.54, 1.807) is 28.3 Å². The first-order valence-corrected chi connectivity index (χ1v) is 8.94. The van der Waals surface area contributed by atoms with Gasteiger partial charge in [-0.1, -0.05) is 24.3 Å². The van der Waals surface area contributed by atoms with Crippen molar-refractivity contribution in [1.29, 1.82) is 0 Å². The number of aryl methyl sites for hydroxylation is 1. The second-order valence-corrected chi connectivity index (χ2v) is 6.80. The fourth-order valence-electron chi connectivity index (χ4n) is 2.62. The first-order chi connectivity index (χ1) is 12.7. The topological polar surface area (TPSA) is 59.8 Å². The Bertz CT molecular complexity index is 1080. The first kappa shape index (κ1) is 16.2. The molecule has 6 heteroatoms. The minimum Gasteiger partial charge on any atom is -0.322 e. The predicted molar refractivity (Wildman–Crippen MR) is 106 cm³/mol. The van der Waals surface area contributed by atoms with E-state index in [2.05, 4.69) is 21.5 Å². The number of aromatic nitrogens is 3. The van der Waals surface area contributed by atoms with Gasteiger partial charge in [0, 0.05) is 30.6 Å². The zero-order valence-electron chi connectivity index (χ0n) is 14.1. The number of nitrogens with one attached hydrogen (secondary N) is 1. The van der Waals surface area contributed by atoms with Crippen molar-refractivity contribution in [3.05, 3.63) is 72.6 Å². The molecule has 1 N–H and O–H groups in total. The van der Waals surface area contributed by atoms with Crippen molar-refractivity contribution in [2.75, 3.05) is 5.32 Å². The van der Waals surface area contributed by atoms with Crippen LogP contribution in [0.5, 0.6) is 0 Å². The van der Waals surface area contributed by atoms with Gasteiger partial charge in [-0.25, -0.2) is 4.98 Å². The van der Waals surface area contributed by atoms with E-state index < -0.39 is 0 Å². The lowest BCUT2D eigenvalue weighted by Gasteiger charge is -2.04. The summed E-state index contributed by atoms with van der Waals surface area (Å²) in [4.78, 5) is 16.8. The average molecular weight is 360 g/mol. The fraction of sp³-hybridized carbons (Fsp3) is 0.0500. The van der Waals surface area contributed by atoms with Crippen molar-refractivity contribution < 1.29 is 4.79 Å². The van der Waals surface area contributed by atoms with Crippen molar-refractivity contribution in [3.8, 4) is 10.6 Å². The number of hydrogen-bond donors (Lipinski definition) is 1. The first-order valence-electron chi connectivity index (χ1n) is 8.12. The number of anilines is 1. The Kier molecular flexibility index (Phi) is 4.33. The molecule has 2 aromatic carbocycles. The Hall–Kier alpha value is -3.25. The standard InChI is InChI=1S/C20H16N4OS/c1-24-16(11-12-21-24)9-10-19(25)22-15-6-4-5-14(13-15)20-23-17-7-2-3-8-18(17)26-20/h2-13H,1H3,(H,22,25)/b10-9+. The summed E-state index contributed by atoms with van der Waals surface area (Å²) < 4.78 is 2.86. The van der Waals surface area contributed by atoms with Crippen molar-refractivity contribution in [3.63, 3.8) is 0 Å². The van der Waals surface area contributed by atoms with Gasteiger partial charge in [0.2, 0.25) is 5.91 Å². The maximum atomic E-state index is 12.2. The van der Waals surface area contributed by atoms with E-state index in [4.69, 9.17) is 0 Å². The summed E-state index contributed by atoms with van der Waals surface area (Å²) in [5, 5.41) is 7.90. The largest absolute Gasteiger partial charge is 0.322 e. The molecule has 2 heterocycles. The number of hydrogen-bond acceptors (Lipinski definition) is 4. The van der Waals surface area contributed by atoms with E-state index in [9.17, 15) is 4.79 Å². The van der Waals surface area contributed by atoms with Crippen LogP contribution in [0.25, 0.3) is 26.9 Å². The zero-order valence-corrected chi connectivity index (χ0v) is 14.9. The molecule has 0 unspecified atom stereocenters. The lowest BCUT2D eigenvalue weighted by Crippen LogP contribution is -2.07. The molecule has 2 aromatic heterocycles. The highest BCUT2D eigenvalue weighted by Crippen LogP contribution is 2.31. The van der Waals surface area contributed by atoms with Gasteiger partial charge in [-0.05, 0) is 36.4 Å². The molecule has 0 aliphatic heterocycles. The maximum absolute atomic E-state index is 12.2. The Morgan fingerprint density at radius 2 is 2.04 bits per heavy atom. The normalized spacial score (nSPS) is 11.3. The average Bonchev–Trinajstić information content (AvgIpc) is 3.26. The van der Waals surface area contributed by atoms with Gasteiger partial charge in [0.1, 0.15) is 5.01 Å². The van der Waals surface area contributed by atoms with Crippen LogP contribution in [0.2, 0.25) is 0 Å². The van der Waals surface area contributed by atoms with E-state index in [-0.39, 0.29) is 5.91 Å². The number of carbonyl (C=O) groups excluding carboxylic acids is 1. The number of thiazole rings is 1. The maximum Gasteiger partial charge on any atom is 0.248 e. The lowest BCUT2D eigenvalue weighted by molar-refractivity contribution is -0.111. The summed E-state index contributed by atoms with van der Waals surface area (Å²) in [5.41, 5.74) is 3.57. The van der Waals surface area contributed by atoms with Gasteiger partial charge in [-0.15, -0.1) is 11.3 Å². The predicted octanol–water partition coefficient (Wildman–Crippen LogP) is 4.35. The van der Waals surface area contributed by atoms with Crippen LogP contribution in [0.15, 0.2) is 66.9 Å². The smallest absolute Gasteiger partial charge is 0.248 e. The van der Waals surface area contributed by atoms with Crippen LogP contribution in [-0.4, -0.2) is 20.7 Å². The minimum atomic E-state index is -0.187. The quantitative estimate of drug-likeness (QED) is 0.551. The second-order valence-electron chi connectivity index (χ2n) is 5.77. The highest BCUT2D eigenvalue weighted by atomic mass is 32.1. The van der Waals surface area contributed by atoms with Crippen LogP contribution in [0, 0.1) is 0 Å². The fourth-order valence-corrected chi connectivity index (χ4v) is 3.58.